The van der Waals surface area contributed by atoms with Gasteiger partial charge in [-0.25, -0.2) is 9.97 Å². The van der Waals surface area contributed by atoms with Gasteiger partial charge in [0.1, 0.15) is 23.7 Å². The highest BCUT2D eigenvalue weighted by Gasteiger charge is 2.21. The van der Waals surface area contributed by atoms with Gasteiger partial charge in [-0.15, -0.1) is 0 Å². The fraction of sp³-hybridized carbons (Fsp3) is 0.480. The van der Waals surface area contributed by atoms with Crippen molar-refractivity contribution in [3.05, 3.63) is 82.4 Å². The van der Waals surface area contributed by atoms with E-state index in [9.17, 15) is 19.2 Å². The minimum absolute atomic E-state index is 0.178. The highest BCUT2D eigenvalue weighted by atomic mass is 35.5. The molecule has 2 heterocycles. The van der Waals surface area contributed by atoms with Gasteiger partial charge in [-0.2, -0.15) is 9.97 Å². The number of halogens is 2. The normalized spacial score (nSPS) is 11.6. The van der Waals surface area contributed by atoms with Gasteiger partial charge in [0.05, 0.1) is 17.3 Å². The van der Waals surface area contributed by atoms with Crippen LogP contribution in [0.15, 0.2) is 61.0 Å². The van der Waals surface area contributed by atoms with Gasteiger partial charge in [0.25, 0.3) is 0 Å². The van der Waals surface area contributed by atoms with Gasteiger partial charge in [-0.3, -0.25) is 19.2 Å². The second kappa shape index (κ2) is 33.3. The first-order valence-electron chi connectivity index (χ1n) is 23.1. The molecule has 69 heavy (non-hydrogen) atoms. The van der Waals surface area contributed by atoms with Gasteiger partial charge in [0, 0.05) is 95.3 Å². The SMILES string of the molecule is CCCNc1nc(Cl)ncc1C#CCCCNC(=O)[C@H](C)N(C)C(=O)/C=C/CN(C)C.CCCNc1nc(Nc2cccc(Cl)c2)ncc1C#CCCCNC(=O)[C@H](C)N(C)C(=O)/C=C/CN(C)C. The topological polar surface area (TPSA) is 193 Å². The van der Waals surface area contributed by atoms with Crippen LogP contribution in [0.25, 0.3) is 0 Å². The first-order chi connectivity index (χ1) is 33.0. The van der Waals surface area contributed by atoms with Gasteiger partial charge < -0.3 is 46.2 Å². The third-order valence-electron chi connectivity index (χ3n) is 9.79. The second-order valence-corrected chi connectivity index (χ2v) is 17.1. The molecule has 0 saturated heterocycles. The Balaban J connectivity index is 0.000000484. The lowest BCUT2D eigenvalue weighted by Gasteiger charge is -2.23. The molecule has 0 saturated carbocycles. The third kappa shape index (κ3) is 24.1. The van der Waals surface area contributed by atoms with Crippen molar-refractivity contribution in [1.29, 1.82) is 0 Å². The molecular weight excluding hydrogens is 918 g/mol. The number of nitrogens with zero attached hydrogens (tertiary/aromatic N) is 8. The fourth-order valence-corrected chi connectivity index (χ4v) is 5.85. The van der Waals surface area contributed by atoms with E-state index in [1.165, 1.54) is 22.0 Å². The summed E-state index contributed by atoms with van der Waals surface area (Å²) in [5.41, 5.74) is 2.19. The van der Waals surface area contributed by atoms with E-state index >= 15 is 0 Å². The summed E-state index contributed by atoms with van der Waals surface area (Å²) in [6.07, 6.45) is 14.3. The van der Waals surface area contributed by atoms with Crippen LogP contribution in [0.3, 0.4) is 0 Å². The Morgan fingerprint density at radius 3 is 1.62 bits per heavy atom. The van der Waals surface area contributed by atoms with Crippen molar-refractivity contribution in [2.24, 2.45) is 0 Å². The summed E-state index contributed by atoms with van der Waals surface area (Å²) in [5, 5.41) is 16.2. The molecule has 0 spiro atoms. The largest absolute Gasteiger partial charge is 0.369 e. The van der Waals surface area contributed by atoms with E-state index in [0.717, 1.165) is 31.6 Å². The van der Waals surface area contributed by atoms with Crippen LogP contribution in [0.4, 0.5) is 23.3 Å². The Kier molecular flexibility index (Phi) is 28.4. The van der Waals surface area contributed by atoms with Crippen LogP contribution < -0.4 is 26.6 Å². The zero-order valence-electron chi connectivity index (χ0n) is 41.9. The maximum absolute atomic E-state index is 12.4. The van der Waals surface area contributed by atoms with Crippen molar-refractivity contribution < 1.29 is 19.2 Å². The second-order valence-electron chi connectivity index (χ2n) is 16.3. The van der Waals surface area contributed by atoms with Crippen molar-refractivity contribution in [3.8, 4) is 23.7 Å². The number of likely N-dealkylation sites (N-methyl/N-ethyl adjacent to an activating group) is 4. The average Bonchev–Trinajstić information content (AvgIpc) is 3.31. The molecule has 0 aliphatic heterocycles. The van der Waals surface area contributed by atoms with E-state index in [1.54, 1.807) is 64.6 Å². The number of amides is 4. The van der Waals surface area contributed by atoms with Crippen LogP contribution in [0.2, 0.25) is 10.3 Å². The van der Waals surface area contributed by atoms with Gasteiger partial charge in [-0.05, 0) is 97.5 Å². The van der Waals surface area contributed by atoms with Crippen molar-refractivity contribution in [2.75, 3.05) is 97.5 Å². The van der Waals surface area contributed by atoms with Crippen LogP contribution in [0.5, 0.6) is 0 Å². The lowest BCUT2D eigenvalue weighted by molar-refractivity contribution is -0.135. The van der Waals surface area contributed by atoms with Gasteiger partial charge in [0.15, 0.2) is 0 Å². The lowest BCUT2D eigenvalue weighted by Crippen LogP contribution is -2.45. The first-order valence-corrected chi connectivity index (χ1v) is 23.8. The number of carbonyl (C=O) groups is 4. The van der Waals surface area contributed by atoms with E-state index < -0.39 is 12.1 Å². The van der Waals surface area contributed by atoms with E-state index in [4.69, 9.17) is 23.2 Å². The quantitative estimate of drug-likeness (QED) is 0.0301. The molecule has 0 aliphatic rings. The molecule has 1 aromatic carbocycles. The standard InChI is InChI=1S/C28H38ClN7O2.C22H33ClN6O2/c1-6-16-30-26-22(20-32-28(34-26)33-24-14-10-13-23(29)19-24)12-8-7-9-17-31-27(38)21(2)36(5)25(37)15-11-18-35(3)4;1-6-13-24-20-18(16-26-22(23)27-20)11-8-7-9-14-25-21(31)17(2)29(5)19(30)12-10-15-28(3)4/h10-11,13-15,19-21H,6-7,9,16-18H2,1-5H3,(H,31,38)(H2,30,32,33,34);10,12,16-17H,6-7,9,13-15H2,1-5H3,(H,25,31)(H,24,26,27)/b15-11+;12-10+/t21-;17-/m00/s1. The number of benzene rings is 1. The molecule has 374 valence electrons. The van der Waals surface area contributed by atoms with Crippen LogP contribution in [-0.2, 0) is 19.2 Å². The average molecular weight is 989 g/mol. The zero-order valence-corrected chi connectivity index (χ0v) is 43.4. The fourth-order valence-electron chi connectivity index (χ4n) is 5.52. The van der Waals surface area contributed by atoms with E-state index in [1.807, 2.05) is 50.1 Å². The van der Waals surface area contributed by atoms with Gasteiger partial charge >= 0.3 is 0 Å². The molecule has 3 rings (SSSR count). The molecule has 19 heteroatoms. The number of hydrogen-bond donors (Lipinski definition) is 5. The summed E-state index contributed by atoms with van der Waals surface area (Å²) in [4.78, 5) is 73.0. The highest BCUT2D eigenvalue weighted by molar-refractivity contribution is 6.30. The molecule has 5 N–H and O–H groups in total. The predicted octanol–water partition coefficient (Wildman–Crippen LogP) is 6.07. The molecule has 0 unspecified atom stereocenters. The van der Waals surface area contributed by atoms with Crippen LogP contribution in [-0.4, -0.2) is 157 Å². The molecule has 17 nitrogen and oxygen atoms in total. The molecule has 0 aliphatic carbocycles. The van der Waals surface area contributed by atoms with Crippen molar-refractivity contribution in [1.82, 2.24) is 50.2 Å². The van der Waals surface area contributed by atoms with Crippen LogP contribution >= 0.6 is 23.2 Å². The monoisotopic (exact) mass is 988 g/mol. The highest BCUT2D eigenvalue weighted by Crippen LogP contribution is 2.20. The first kappa shape index (κ1) is 58.9. The maximum Gasteiger partial charge on any atom is 0.246 e. The number of aromatic nitrogens is 4. The Labute approximate surface area is 419 Å². The number of nitrogens with one attached hydrogen (secondary N) is 5. The predicted molar refractivity (Wildman–Crippen MR) is 279 cm³/mol. The minimum atomic E-state index is -0.569. The summed E-state index contributed by atoms with van der Waals surface area (Å²) in [5.74, 6) is 13.3. The summed E-state index contributed by atoms with van der Waals surface area (Å²) < 4.78 is 0. The number of unbranched alkanes of at least 4 members (excludes halogenated alkanes) is 2. The Morgan fingerprint density at radius 2 is 1.16 bits per heavy atom. The summed E-state index contributed by atoms with van der Waals surface area (Å²) >= 11 is 11.9. The van der Waals surface area contributed by atoms with Crippen LogP contribution in [0.1, 0.15) is 77.3 Å². The van der Waals surface area contributed by atoms with Gasteiger partial charge in [-0.1, -0.05) is 67.3 Å². The van der Waals surface area contributed by atoms with E-state index in [-0.39, 0.29) is 28.9 Å². The molecule has 0 radical (unpaired) electrons. The number of carbonyl (C=O) groups excluding carboxylic acids is 4. The smallest absolute Gasteiger partial charge is 0.246 e. The Bertz CT molecular complexity index is 2290. The lowest BCUT2D eigenvalue weighted by atomic mass is 10.2. The zero-order chi connectivity index (χ0) is 51.1. The molecule has 4 amide bonds. The Hall–Kier alpha value is -6.24. The summed E-state index contributed by atoms with van der Waals surface area (Å²) in [6, 6.07) is 6.23. The molecule has 0 fully saturated rings. The van der Waals surface area contributed by atoms with Crippen molar-refractivity contribution in [2.45, 2.75) is 78.3 Å². The molecule has 2 aromatic heterocycles. The minimum Gasteiger partial charge on any atom is -0.369 e. The number of hydrogen-bond acceptors (Lipinski definition) is 13. The molecule has 2 atom stereocenters. The molecule has 3 aromatic rings. The van der Waals surface area contributed by atoms with Gasteiger partial charge in [0.2, 0.25) is 34.9 Å². The third-order valence-corrected chi connectivity index (χ3v) is 10.2. The summed E-state index contributed by atoms with van der Waals surface area (Å²) in [6.45, 7) is 11.4. The number of rotatable bonds is 24. The Morgan fingerprint density at radius 1 is 0.681 bits per heavy atom. The van der Waals surface area contributed by atoms with Crippen LogP contribution in [0, 0.1) is 23.7 Å². The van der Waals surface area contributed by atoms with Crippen molar-refractivity contribution in [3.63, 3.8) is 0 Å². The number of anilines is 4. The van der Waals surface area contributed by atoms with Crippen molar-refractivity contribution >= 4 is 70.1 Å². The van der Waals surface area contributed by atoms with E-state index in [0.29, 0.717) is 85.6 Å². The van der Waals surface area contributed by atoms with E-state index in [2.05, 4.69) is 84.0 Å². The summed E-state index contributed by atoms with van der Waals surface area (Å²) in [7, 11) is 10.9. The molecule has 0 bridgehead atoms. The molecular formula is C50H71Cl2N13O4. The maximum atomic E-state index is 12.4.